The number of carbonyl (C=O) groups excluding carboxylic acids is 1. The summed E-state index contributed by atoms with van der Waals surface area (Å²) in [5.74, 6) is 1.42. The lowest BCUT2D eigenvalue weighted by molar-refractivity contribution is -0.131. The zero-order chi connectivity index (χ0) is 22.1. The van der Waals surface area contributed by atoms with Gasteiger partial charge in [-0.15, -0.1) is 0 Å². The number of amides is 1. The molecule has 0 atom stereocenters. The molecule has 0 saturated carbocycles. The molecule has 3 aromatic rings. The van der Waals surface area contributed by atoms with Crippen LogP contribution in [0.25, 0.3) is 0 Å². The first-order valence-corrected chi connectivity index (χ1v) is 10.3. The molecule has 0 aliphatic rings. The lowest BCUT2D eigenvalue weighted by Crippen LogP contribution is -2.36. The molecule has 0 aliphatic carbocycles. The van der Waals surface area contributed by atoms with Crippen molar-refractivity contribution >= 4 is 5.91 Å². The third-order valence-corrected chi connectivity index (χ3v) is 5.01. The number of ether oxygens (including phenoxy) is 2. The van der Waals surface area contributed by atoms with Gasteiger partial charge in [0.05, 0.1) is 13.7 Å². The normalized spacial score (nSPS) is 10.7. The molecule has 31 heavy (non-hydrogen) atoms. The number of hydrogen-bond acceptors (Lipinski definition) is 4. The van der Waals surface area contributed by atoms with E-state index in [1.54, 1.807) is 12.0 Å². The molecule has 3 aromatic carbocycles. The maximum atomic E-state index is 12.7. The van der Waals surface area contributed by atoms with Gasteiger partial charge in [-0.1, -0.05) is 66.7 Å². The summed E-state index contributed by atoms with van der Waals surface area (Å²) in [4.78, 5) is 16.4. The van der Waals surface area contributed by atoms with Crippen LogP contribution in [0, 0.1) is 0 Å². The van der Waals surface area contributed by atoms with Gasteiger partial charge in [-0.25, -0.2) is 0 Å². The second-order valence-corrected chi connectivity index (χ2v) is 7.67. The maximum absolute atomic E-state index is 12.7. The van der Waals surface area contributed by atoms with E-state index in [1.807, 2.05) is 85.7 Å². The van der Waals surface area contributed by atoms with Gasteiger partial charge in [0.1, 0.15) is 6.61 Å². The van der Waals surface area contributed by atoms with E-state index in [0.717, 1.165) is 17.7 Å². The molecule has 0 N–H and O–H groups in total. The zero-order valence-corrected chi connectivity index (χ0v) is 18.5. The first-order chi connectivity index (χ1) is 15.0. The molecule has 0 aliphatic heterocycles. The van der Waals surface area contributed by atoms with Gasteiger partial charge in [0.25, 0.3) is 0 Å². The maximum Gasteiger partial charge on any atom is 0.236 e. The quantitative estimate of drug-likeness (QED) is 0.491. The van der Waals surface area contributed by atoms with Gasteiger partial charge in [-0.2, -0.15) is 0 Å². The number of rotatable bonds is 10. The van der Waals surface area contributed by atoms with Crippen molar-refractivity contribution in [3.63, 3.8) is 0 Å². The third-order valence-electron chi connectivity index (χ3n) is 5.01. The number of hydrogen-bond donors (Lipinski definition) is 0. The smallest absolute Gasteiger partial charge is 0.236 e. The highest BCUT2D eigenvalue weighted by Gasteiger charge is 2.14. The van der Waals surface area contributed by atoms with Crippen LogP contribution in [0.3, 0.4) is 0 Å². The second-order valence-electron chi connectivity index (χ2n) is 7.67. The van der Waals surface area contributed by atoms with E-state index in [9.17, 15) is 4.79 Å². The molecule has 0 aromatic heterocycles. The number of methoxy groups -OCH3 is 1. The minimum absolute atomic E-state index is 0.0711. The number of carbonyl (C=O) groups is 1. The average Bonchev–Trinajstić information content (AvgIpc) is 2.79. The summed E-state index contributed by atoms with van der Waals surface area (Å²) < 4.78 is 11.4. The predicted octanol–water partition coefficient (Wildman–Crippen LogP) is 4.36. The van der Waals surface area contributed by atoms with Crippen molar-refractivity contribution in [1.29, 1.82) is 0 Å². The topological polar surface area (TPSA) is 42.0 Å². The van der Waals surface area contributed by atoms with Crippen molar-refractivity contribution in [3.8, 4) is 11.5 Å². The summed E-state index contributed by atoms with van der Waals surface area (Å²) in [6, 6.07) is 26.0. The molecule has 5 nitrogen and oxygen atoms in total. The van der Waals surface area contributed by atoms with Crippen LogP contribution in [0.4, 0.5) is 0 Å². The molecule has 0 unspecified atom stereocenters. The van der Waals surface area contributed by atoms with E-state index < -0.39 is 0 Å². The fourth-order valence-electron chi connectivity index (χ4n) is 3.33. The summed E-state index contributed by atoms with van der Waals surface area (Å²) in [6.45, 7) is 2.08. The van der Waals surface area contributed by atoms with Crippen LogP contribution in [-0.4, -0.2) is 43.5 Å². The Morgan fingerprint density at radius 3 is 2.06 bits per heavy atom. The first-order valence-electron chi connectivity index (χ1n) is 10.3. The molecular formula is C26H30N2O3. The van der Waals surface area contributed by atoms with Gasteiger partial charge in [-0.3, -0.25) is 9.69 Å². The zero-order valence-electron chi connectivity index (χ0n) is 18.5. The Morgan fingerprint density at radius 2 is 1.42 bits per heavy atom. The number of nitrogens with zero attached hydrogens (tertiary/aromatic N) is 2. The van der Waals surface area contributed by atoms with E-state index >= 15 is 0 Å². The van der Waals surface area contributed by atoms with Gasteiger partial charge in [0, 0.05) is 20.1 Å². The van der Waals surface area contributed by atoms with Crippen molar-refractivity contribution < 1.29 is 14.3 Å². The van der Waals surface area contributed by atoms with Crippen LogP contribution < -0.4 is 9.47 Å². The summed E-state index contributed by atoms with van der Waals surface area (Å²) in [6.07, 6.45) is 0. The lowest BCUT2D eigenvalue weighted by Gasteiger charge is -2.22. The van der Waals surface area contributed by atoms with Crippen molar-refractivity contribution in [1.82, 2.24) is 9.80 Å². The fourth-order valence-corrected chi connectivity index (χ4v) is 3.33. The van der Waals surface area contributed by atoms with Crippen LogP contribution >= 0.6 is 0 Å². The van der Waals surface area contributed by atoms with E-state index in [0.29, 0.717) is 31.2 Å². The van der Waals surface area contributed by atoms with E-state index in [1.165, 1.54) is 5.56 Å². The molecule has 1 amide bonds. The summed E-state index contributed by atoms with van der Waals surface area (Å²) in [7, 11) is 5.41. The highest BCUT2D eigenvalue weighted by Crippen LogP contribution is 2.29. The largest absolute Gasteiger partial charge is 0.493 e. The van der Waals surface area contributed by atoms with Gasteiger partial charge in [-0.05, 0) is 35.9 Å². The van der Waals surface area contributed by atoms with Crippen LogP contribution in [0.15, 0.2) is 78.9 Å². The van der Waals surface area contributed by atoms with Crippen molar-refractivity contribution in [2.45, 2.75) is 19.7 Å². The molecule has 0 spiro atoms. The van der Waals surface area contributed by atoms with Gasteiger partial charge < -0.3 is 14.4 Å². The van der Waals surface area contributed by atoms with E-state index in [4.69, 9.17) is 9.47 Å². The Morgan fingerprint density at radius 1 is 0.774 bits per heavy atom. The minimum Gasteiger partial charge on any atom is -0.493 e. The summed E-state index contributed by atoms with van der Waals surface area (Å²) >= 11 is 0. The molecule has 162 valence electrons. The first kappa shape index (κ1) is 22.4. The molecule has 0 radical (unpaired) electrons. The molecule has 0 fully saturated rings. The minimum atomic E-state index is 0.0711. The predicted molar refractivity (Wildman–Crippen MR) is 123 cm³/mol. The SMILES string of the molecule is COc1cc(CN(C)C(=O)CN(C)Cc2ccccc2)ccc1OCc1ccccc1. The molecule has 0 saturated heterocycles. The van der Waals surface area contributed by atoms with E-state index in [-0.39, 0.29) is 5.91 Å². The van der Waals surface area contributed by atoms with Crippen LogP contribution in [0.5, 0.6) is 11.5 Å². The van der Waals surface area contributed by atoms with Crippen molar-refractivity contribution in [2.24, 2.45) is 0 Å². The molecule has 0 bridgehead atoms. The van der Waals surface area contributed by atoms with Crippen LogP contribution in [0.1, 0.15) is 16.7 Å². The van der Waals surface area contributed by atoms with Gasteiger partial charge >= 0.3 is 0 Å². The highest BCUT2D eigenvalue weighted by atomic mass is 16.5. The molecular weight excluding hydrogens is 388 g/mol. The van der Waals surface area contributed by atoms with Crippen LogP contribution in [0.2, 0.25) is 0 Å². The lowest BCUT2D eigenvalue weighted by atomic mass is 10.2. The molecule has 3 rings (SSSR count). The Kier molecular flexibility index (Phi) is 8.07. The fraction of sp³-hybridized carbons (Fsp3) is 0.269. The standard InChI is InChI=1S/C26H30N2O3/c1-27(17-21-10-6-4-7-11-21)19-26(29)28(2)18-23-14-15-24(25(16-23)30-3)31-20-22-12-8-5-9-13-22/h4-16H,17-20H2,1-3H3. The van der Waals surface area contributed by atoms with Crippen molar-refractivity contribution in [2.75, 3.05) is 27.7 Å². The molecule has 0 heterocycles. The second kappa shape index (κ2) is 11.2. The number of likely N-dealkylation sites (N-methyl/N-ethyl adjacent to an activating group) is 2. The molecule has 5 heteroatoms. The highest BCUT2D eigenvalue weighted by molar-refractivity contribution is 5.78. The Labute approximate surface area is 184 Å². The third kappa shape index (κ3) is 6.86. The van der Waals surface area contributed by atoms with E-state index in [2.05, 4.69) is 12.1 Å². The monoisotopic (exact) mass is 418 g/mol. The Balaban J connectivity index is 1.55. The van der Waals surface area contributed by atoms with Crippen LogP contribution in [-0.2, 0) is 24.5 Å². The Hall–Kier alpha value is -3.31. The number of benzene rings is 3. The van der Waals surface area contributed by atoms with Gasteiger partial charge in [0.15, 0.2) is 11.5 Å². The summed E-state index contributed by atoms with van der Waals surface area (Å²) in [5, 5.41) is 0. The average molecular weight is 419 g/mol. The Bertz CT molecular complexity index is 961. The van der Waals surface area contributed by atoms with Crippen molar-refractivity contribution in [3.05, 3.63) is 95.6 Å². The van der Waals surface area contributed by atoms with Gasteiger partial charge in [0.2, 0.25) is 5.91 Å². The summed E-state index contributed by atoms with van der Waals surface area (Å²) in [5.41, 5.74) is 3.28.